The van der Waals surface area contributed by atoms with Gasteiger partial charge in [-0.2, -0.15) is 0 Å². The lowest BCUT2D eigenvalue weighted by atomic mass is 10.0. The molecule has 24 heavy (non-hydrogen) atoms. The molecule has 1 atom stereocenters. The lowest BCUT2D eigenvalue weighted by Gasteiger charge is -2.11. The van der Waals surface area contributed by atoms with Crippen molar-refractivity contribution >= 4 is 21.9 Å². The number of methoxy groups -OCH3 is 1. The Kier molecular flexibility index (Phi) is 3.17. The third-order valence-corrected chi connectivity index (χ3v) is 4.62. The van der Waals surface area contributed by atoms with Gasteiger partial charge < -0.3 is 13.9 Å². The molecule has 0 amide bonds. The number of fused-ring (bicyclic) bond motifs is 4. The van der Waals surface area contributed by atoms with E-state index in [1.807, 2.05) is 26.0 Å². The predicted molar refractivity (Wildman–Crippen MR) is 94.2 cm³/mol. The summed E-state index contributed by atoms with van der Waals surface area (Å²) in [6.45, 7) is 7.85. The van der Waals surface area contributed by atoms with E-state index in [1.165, 1.54) is 0 Å². The summed E-state index contributed by atoms with van der Waals surface area (Å²) in [7, 11) is 1.55. The molecule has 3 aromatic rings. The van der Waals surface area contributed by atoms with E-state index in [2.05, 4.69) is 6.58 Å². The van der Waals surface area contributed by atoms with Gasteiger partial charge in [0.05, 0.1) is 12.5 Å². The van der Waals surface area contributed by atoms with E-state index in [1.54, 1.807) is 19.2 Å². The molecule has 4 nitrogen and oxygen atoms in total. The first-order valence-corrected chi connectivity index (χ1v) is 7.89. The molecule has 4 rings (SSSR count). The molecule has 0 saturated carbocycles. The zero-order chi connectivity index (χ0) is 17.0. The molecule has 0 radical (unpaired) electrons. The molecule has 0 aliphatic carbocycles. The summed E-state index contributed by atoms with van der Waals surface area (Å²) < 4.78 is 17.6. The highest BCUT2D eigenvalue weighted by Crippen LogP contribution is 2.41. The molecule has 0 fully saturated rings. The monoisotopic (exact) mass is 322 g/mol. The molecule has 0 saturated heterocycles. The molecule has 1 aliphatic heterocycles. The lowest BCUT2D eigenvalue weighted by Crippen LogP contribution is -2.13. The highest BCUT2D eigenvalue weighted by molar-refractivity contribution is 5.97. The van der Waals surface area contributed by atoms with Crippen molar-refractivity contribution in [1.82, 2.24) is 0 Å². The van der Waals surface area contributed by atoms with Crippen molar-refractivity contribution in [3.63, 3.8) is 0 Å². The van der Waals surface area contributed by atoms with Crippen LogP contribution in [0.3, 0.4) is 0 Å². The SMILES string of the molecule is C=C(C)C1Cc2c(cc(OC)c3c(=O)c4cccc(C)c4oc23)O1. The molecule has 2 heterocycles. The van der Waals surface area contributed by atoms with Crippen LogP contribution < -0.4 is 14.9 Å². The lowest BCUT2D eigenvalue weighted by molar-refractivity contribution is 0.270. The summed E-state index contributed by atoms with van der Waals surface area (Å²) in [6, 6.07) is 7.36. The molecule has 1 aliphatic rings. The Hall–Kier alpha value is -2.75. The van der Waals surface area contributed by atoms with Crippen LogP contribution in [-0.4, -0.2) is 13.2 Å². The number of para-hydroxylation sites is 1. The zero-order valence-corrected chi connectivity index (χ0v) is 13.9. The van der Waals surface area contributed by atoms with Crippen LogP contribution in [-0.2, 0) is 6.42 Å². The standard InChI is InChI=1S/C20H18O4/c1-10(2)14-8-13-15(23-14)9-16(22-4)17-18(21)12-7-5-6-11(3)19(12)24-20(13)17/h5-7,9,14H,1,8H2,2-4H3. The first kappa shape index (κ1) is 14.8. The van der Waals surface area contributed by atoms with E-state index >= 15 is 0 Å². The molecular formula is C20H18O4. The zero-order valence-electron chi connectivity index (χ0n) is 13.9. The van der Waals surface area contributed by atoms with Crippen molar-refractivity contribution in [2.24, 2.45) is 0 Å². The molecule has 1 unspecified atom stereocenters. The van der Waals surface area contributed by atoms with Crippen molar-refractivity contribution in [3.8, 4) is 11.5 Å². The van der Waals surface area contributed by atoms with E-state index in [0.717, 1.165) is 16.7 Å². The number of rotatable bonds is 2. The summed E-state index contributed by atoms with van der Waals surface area (Å²) in [5, 5.41) is 1.04. The van der Waals surface area contributed by atoms with Gasteiger partial charge in [-0.1, -0.05) is 18.7 Å². The van der Waals surface area contributed by atoms with Gasteiger partial charge in [0.15, 0.2) is 0 Å². The van der Waals surface area contributed by atoms with Crippen molar-refractivity contribution in [1.29, 1.82) is 0 Å². The summed E-state index contributed by atoms with van der Waals surface area (Å²) in [4.78, 5) is 13.0. The third-order valence-electron chi connectivity index (χ3n) is 4.62. The van der Waals surface area contributed by atoms with Crippen molar-refractivity contribution in [2.45, 2.75) is 26.4 Å². The minimum absolute atomic E-state index is 0.0756. The molecular weight excluding hydrogens is 304 g/mol. The second kappa shape index (κ2) is 5.13. The maximum atomic E-state index is 13.0. The van der Waals surface area contributed by atoms with Gasteiger partial charge in [0.2, 0.25) is 5.43 Å². The fraction of sp³-hybridized carbons (Fsp3) is 0.250. The average molecular weight is 322 g/mol. The average Bonchev–Trinajstić information content (AvgIpc) is 2.99. The largest absolute Gasteiger partial charge is 0.496 e. The second-order valence-electron chi connectivity index (χ2n) is 6.30. The Bertz CT molecular complexity index is 1060. The number of hydrogen-bond acceptors (Lipinski definition) is 4. The smallest absolute Gasteiger partial charge is 0.204 e. The highest BCUT2D eigenvalue weighted by atomic mass is 16.5. The normalized spacial score (nSPS) is 16.2. The molecule has 0 bridgehead atoms. The molecule has 0 spiro atoms. The summed E-state index contributed by atoms with van der Waals surface area (Å²) in [5.74, 6) is 1.17. The van der Waals surface area contributed by atoms with Crippen molar-refractivity contribution in [3.05, 3.63) is 57.8 Å². The number of benzene rings is 2. The molecule has 122 valence electrons. The predicted octanol–water partition coefficient (Wildman–Crippen LogP) is 4.14. The van der Waals surface area contributed by atoms with Gasteiger partial charge >= 0.3 is 0 Å². The van der Waals surface area contributed by atoms with Gasteiger partial charge in [0, 0.05) is 18.1 Å². The van der Waals surface area contributed by atoms with Crippen LogP contribution in [0.2, 0.25) is 0 Å². The van der Waals surface area contributed by atoms with Gasteiger partial charge in [-0.15, -0.1) is 0 Å². The van der Waals surface area contributed by atoms with Gasteiger partial charge in [-0.25, -0.2) is 0 Å². The van der Waals surface area contributed by atoms with E-state index in [4.69, 9.17) is 13.9 Å². The Morgan fingerprint density at radius 3 is 2.83 bits per heavy atom. The second-order valence-corrected chi connectivity index (χ2v) is 6.30. The molecule has 0 N–H and O–H groups in total. The molecule has 1 aromatic heterocycles. The van der Waals surface area contributed by atoms with E-state index in [0.29, 0.717) is 39.9 Å². The Morgan fingerprint density at radius 1 is 1.33 bits per heavy atom. The van der Waals surface area contributed by atoms with Crippen LogP contribution >= 0.6 is 0 Å². The van der Waals surface area contributed by atoms with Crippen LogP contribution in [0.25, 0.3) is 21.9 Å². The maximum absolute atomic E-state index is 13.0. The van der Waals surface area contributed by atoms with Crippen LogP contribution in [0.15, 0.2) is 45.6 Å². The van der Waals surface area contributed by atoms with Gasteiger partial charge in [-0.05, 0) is 31.1 Å². The van der Waals surface area contributed by atoms with Crippen molar-refractivity contribution < 1.29 is 13.9 Å². The molecule has 2 aromatic carbocycles. The third kappa shape index (κ3) is 1.96. The van der Waals surface area contributed by atoms with Crippen LogP contribution in [0, 0.1) is 6.92 Å². The number of ether oxygens (including phenoxy) is 2. The van der Waals surface area contributed by atoms with Gasteiger partial charge in [0.1, 0.15) is 34.2 Å². The van der Waals surface area contributed by atoms with Gasteiger partial charge in [-0.3, -0.25) is 4.79 Å². The van der Waals surface area contributed by atoms with Crippen LogP contribution in [0.5, 0.6) is 11.5 Å². The van der Waals surface area contributed by atoms with Crippen LogP contribution in [0.1, 0.15) is 18.1 Å². The maximum Gasteiger partial charge on any atom is 0.204 e. The van der Waals surface area contributed by atoms with E-state index < -0.39 is 0 Å². The summed E-state index contributed by atoms with van der Waals surface area (Å²) >= 11 is 0. The Morgan fingerprint density at radius 2 is 2.12 bits per heavy atom. The quantitative estimate of drug-likeness (QED) is 0.525. The summed E-state index contributed by atoms with van der Waals surface area (Å²) in [6.07, 6.45) is 0.541. The topological polar surface area (TPSA) is 48.7 Å². The van der Waals surface area contributed by atoms with E-state index in [9.17, 15) is 4.79 Å². The van der Waals surface area contributed by atoms with Crippen molar-refractivity contribution in [2.75, 3.05) is 7.11 Å². The highest BCUT2D eigenvalue weighted by Gasteiger charge is 2.30. The Balaban J connectivity index is 2.15. The van der Waals surface area contributed by atoms with Gasteiger partial charge in [0.25, 0.3) is 0 Å². The van der Waals surface area contributed by atoms with E-state index in [-0.39, 0.29) is 11.5 Å². The fourth-order valence-electron chi connectivity index (χ4n) is 3.30. The van der Waals surface area contributed by atoms with Crippen LogP contribution in [0.4, 0.5) is 0 Å². The number of aryl methyl sites for hydroxylation is 1. The first-order chi connectivity index (χ1) is 11.5. The first-order valence-electron chi connectivity index (χ1n) is 7.89. The fourth-order valence-corrected chi connectivity index (χ4v) is 3.30. The minimum atomic E-state index is -0.104. The Labute approximate surface area is 139 Å². The number of hydrogen-bond donors (Lipinski definition) is 0. The molecule has 4 heteroatoms. The minimum Gasteiger partial charge on any atom is -0.496 e. The summed E-state index contributed by atoms with van der Waals surface area (Å²) in [5.41, 5.74) is 3.87.